The van der Waals surface area contributed by atoms with Crippen LogP contribution in [0.3, 0.4) is 0 Å². The number of carbonyl (C=O) groups excluding carboxylic acids is 2. The van der Waals surface area contributed by atoms with Crippen LogP contribution < -0.4 is 5.32 Å². The first-order valence-corrected chi connectivity index (χ1v) is 8.59. The van der Waals surface area contributed by atoms with Crippen LogP contribution in [0.15, 0.2) is 36.4 Å². The van der Waals surface area contributed by atoms with E-state index in [2.05, 4.69) is 5.32 Å². The highest BCUT2D eigenvalue weighted by molar-refractivity contribution is 5.92. The molecule has 1 amide bonds. The Hall–Kier alpha value is -2.56. The zero-order valence-corrected chi connectivity index (χ0v) is 15.3. The van der Waals surface area contributed by atoms with Crippen molar-refractivity contribution >= 4 is 11.9 Å². The molecular weight excluding hydrogens is 316 g/mol. The van der Waals surface area contributed by atoms with Gasteiger partial charge in [0.25, 0.3) is 5.91 Å². The van der Waals surface area contributed by atoms with Gasteiger partial charge in [0.1, 0.15) is 0 Å². The number of esters is 1. The number of carbonyl (C=O) groups is 2. The van der Waals surface area contributed by atoms with E-state index in [1.807, 2.05) is 62.6 Å². The van der Waals surface area contributed by atoms with E-state index in [0.29, 0.717) is 12.1 Å². The van der Waals surface area contributed by atoms with Crippen molar-refractivity contribution in [3.8, 4) is 0 Å². The molecule has 0 aliphatic heterocycles. The van der Waals surface area contributed by atoms with Crippen molar-refractivity contribution in [1.82, 2.24) is 9.88 Å². The van der Waals surface area contributed by atoms with Crippen LogP contribution in [0.2, 0.25) is 0 Å². The SMILES string of the molecule is CCn1c(C)cc(C(=O)OCC(=O)NC[C@H](C)c2ccccc2)c1C. The molecule has 0 saturated carbocycles. The van der Waals surface area contributed by atoms with Crippen molar-refractivity contribution in [2.45, 2.75) is 40.2 Å². The second-order valence-corrected chi connectivity index (χ2v) is 6.22. The molecular formula is C20H26N2O3. The molecule has 1 heterocycles. The Kier molecular flexibility index (Phi) is 6.39. The molecule has 1 aromatic carbocycles. The third-order valence-electron chi connectivity index (χ3n) is 4.42. The number of nitrogens with one attached hydrogen (secondary N) is 1. The minimum atomic E-state index is -0.459. The van der Waals surface area contributed by atoms with Crippen molar-refractivity contribution in [3.63, 3.8) is 0 Å². The summed E-state index contributed by atoms with van der Waals surface area (Å²) >= 11 is 0. The summed E-state index contributed by atoms with van der Waals surface area (Å²) in [6, 6.07) is 11.8. The van der Waals surface area contributed by atoms with Gasteiger partial charge < -0.3 is 14.6 Å². The normalized spacial score (nSPS) is 11.8. The predicted octanol–water partition coefficient (Wildman–Crippen LogP) is 3.20. The topological polar surface area (TPSA) is 60.3 Å². The van der Waals surface area contributed by atoms with Gasteiger partial charge in [-0.2, -0.15) is 0 Å². The van der Waals surface area contributed by atoms with Crippen LogP contribution in [-0.4, -0.2) is 29.6 Å². The fourth-order valence-electron chi connectivity index (χ4n) is 2.92. The Bertz CT molecular complexity index is 735. The minimum absolute atomic E-state index is 0.198. The van der Waals surface area contributed by atoms with Gasteiger partial charge >= 0.3 is 5.97 Å². The molecule has 1 atom stereocenters. The van der Waals surface area contributed by atoms with Gasteiger partial charge in [0, 0.05) is 24.5 Å². The maximum atomic E-state index is 12.2. The third kappa shape index (κ3) is 4.72. The molecule has 1 aromatic heterocycles. The van der Waals surface area contributed by atoms with Gasteiger partial charge in [0.05, 0.1) is 5.56 Å². The summed E-state index contributed by atoms with van der Waals surface area (Å²) in [5, 5.41) is 2.81. The summed E-state index contributed by atoms with van der Waals surface area (Å²) in [7, 11) is 0. The van der Waals surface area contributed by atoms with Crippen molar-refractivity contribution < 1.29 is 14.3 Å². The zero-order valence-electron chi connectivity index (χ0n) is 15.3. The lowest BCUT2D eigenvalue weighted by Gasteiger charge is -2.13. The van der Waals surface area contributed by atoms with Crippen molar-refractivity contribution in [2.75, 3.05) is 13.2 Å². The Balaban J connectivity index is 1.83. The molecule has 0 radical (unpaired) electrons. The maximum Gasteiger partial charge on any atom is 0.340 e. The molecule has 0 aliphatic carbocycles. The van der Waals surface area contributed by atoms with Gasteiger partial charge in [-0.05, 0) is 38.3 Å². The van der Waals surface area contributed by atoms with Gasteiger partial charge in [-0.1, -0.05) is 37.3 Å². The lowest BCUT2D eigenvalue weighted by atomic mass is 10.0. The predicted molar refractivity (Wildman–Crippen MR) is 97.7 cm³/mol. The van der Waals surface area contributed by atoms with E-state index in [0.717, 1.165) is 23.5 Å². The van der Waals surface area contributed by atoms with Crippen LogP contribution in [-0.2, 0) is 16.1 Å². The Morgan fingerprint density at radius 3 is 2.48 bits per heavy atom. The van der Waals surface area contributed by atoms with Gasteiger partial charge in [-0.3, -0.25) is 4.79 Å². The third-order valence-corrected chi connectivity index (χ3v) is 4.42. The molecule has 0 spiro atoms. The first-order chi connectivity index (χ1) is 11.9. The highest BCUT2D eigenvalue weighted by atomic mass is 16.5. The fourth-order valence-corrected chi connectivity index (χ4v) is 2.92. The van der Waals surface area contributed by atoms with E-state index in [1.54, 1.807) is 6.07 Å². The van der Waals surface area contributed by atoms with E-state index >= 15 is 0 Å². The Morgan fingerprint density at radius 1 is 1.20 bits per heavy atom. The summed E-state index contributed by atoms with van der Waals surface area (Å²) in [5.74, 6) is -0.552. The largest absolute Gasteiger partial charge is 0.452 e. The lowest BCUT2D eigenvalue weighted by molar-refractivity contribution is -0.124. The zero-order chi connectivity index (χ0) is 18.4. The van der Waals surface area contributed by atoms with Gasteiger partial charge in [0.15, 0.2) is 6.61 Å². The number of benzene rings is 1. The van der Waals surface area contributed by atoms with Gasteiger partial charge in [-0.15, -0.1) is 0 Å². The van der Waals surface area contributed by atoms with Crippen molar-refractivity contribution in [1.29, 1.82) is 0 Å². The number of rotatable bonds is 7. The number of ether oxygens (including phenoxy) is 1. The van der Waals surface area contributed by atoms with Crippen LogP contribution in [0.25, 0.3) is 0 Å². The minimum Gasteiger partial charge on any atom is -0.452 e. The average Bonchev–Trinajstić information content (AvgIpc) is 2.92. The fraction of sp³-hybridized carbons (Fsp3) is 0.400. The summed E-state index contributed by atoms with van der Waals surface area (Å²) in [5.41, 5.74) is 3.55. The number of aryl methyl sites for hydroxylation is 1. The van der Waals surface area contributed by atoms with Gasteiger partial charge in [-0.25, -0.2) is 4.79 Å². The van der Waals surface area contributed by atoms with Crippen molar-refractivity contribution in [3.05, 3.63) is 58.9 Å². The van der Waals surface area contributed by atoms with Crippen LogP contribution in [0, 0.1) is 13.8 Å². The summed E-state index contributed by atoms with van der Waals surface area (Å²) < 4.78 is 7.20. The second-order valence-electron chi connectivity index (χ2n) is 6.22. The second kappa shape index (κ2) is 8.51. The maximum absolute atomic E-state index is 12.2. The summed E-state index contributed by atoms with van der Waals surface area (Å²) in [6.07, 6.45) is 0. The molecule has 1 N–H and O–H groups in total. The first-order valence-electron chi connectivity index (χ1n) is 8.59. The van der Waals surface area contributed by atoms with E-state index in [1.165, 1.54) is 0 Å². The molecule has 0 saturated heterocycles. The van der Waals surface area contributed by atoms with Crippen LogP contribution in [0.4, 0.5) is 0 Å². The molecule has 0 bridgehead atoms. The standard InChI is InChI=1S/C20H26N2O3/c1-5-22-15(3)11-18(16(22)4)20(24)25-13-19(23)21-12-14(2)17-9-7-6-8-10-17/h6-11,14H,5,12-13H2,1-4H3,(H,21,23)/t14-/m0/s1. The molecule has 0 aliphatic rings. The Labute approximate surface area is 149 Å². The van der Waals surface area contributed by atoms with Crippen LogP contribution in [0.1, 0.15) is 47.1 Å². The monoisotopic (exact) mass is 342 g/mol. The van der Waals surface area contributed by atoms with E-state index < -0.39 is 5.97 Å². The molecule has 2 rings (SSSR count). The molecule has 0 fully saturated rings. The smallest absolute Gasteiger partial charge is 0.340 e. The number of nitrogens with zero attached hydrogens (tertiary/aromatic N) is 1. The van der Waals surface area contributed by atoms with E-state index in [4.69, 9.17) is 4.74 Å². The van der Waals surface area contributed by atoms with Crippen LogP contribution in [0.5, 0.6) is 0 Å². The molecule has 5 nitrogen and oxygen atoms in total. The lowest BCUT2D eigenvalue weighted by Crippen LogP contribution is -2.31. The van der Waals surface area contributed by atoms with E-state index in [-0.39, 0.29) is 18.4 Å². The Morgan fingerprint density at radius 2 is 1.88 bits per heavy atom. The van der Waals surface area contributed by atoms with Gasteiger partial charge in [0.2, 0.25) is 0 Å². The highest BCUT2D eigenvalue weighted by Crippen LogP contribution is 2.16. The molecule has 0 unspecified atom stereocenters. The number of amides is 1. The molecule has 134 valence electrons. The van der Waals surface area contributed by atoms with E-state index in [9.17, 15) is 9.59 Å². The molecule has 2 aromatic rings. The summed E-state index contributed by atoms with van der Waals surface area (Å²) in [6.45, 7) is 8.93. The molecule has 5 heteroatoms. The van der Waals surface area contributed by atoms with Crippen LogP contribution >= 0.6 is 0 Å². The quantitative estimate of drug-likeness (QED) is 0.786. The number of aromatic nitrogens is 1. The van der Waals surface area contributed by atoms with Crippen molar-refractivity contribution in [2.24, 2.45) is 0 Å². The number of hydrogen-bond acceptors (Lipinski definition) is 3. The average molecular weight is 342 g/mol. The highest BCUT2D eigenvalue weighted by Gasteiger charge is 2.17. The number of hydrogen-bond donors (Lipinski definition) is 1. The summed E-state index contributed by atoms with van der Waals surface area (Å²) in [4.78, 5) is 24.1. The first kappa shape index (κ1) is 18.8. The molecule has 25 heavy (non-hydrogen) atoms.